The largest absolute Gasteiger partial charge is 0.369 e. The molecule has 2 aromatic carbocycles. The first kappa shape index (κ1) is 15.1. The minimum absolute atomic E-state index is 0.0237. The highest BCUT2D eigenvalue weighted by Gasteiger charge is 2.49. The van der Waals surface area contributed by atoms with Crippen LogP contribution in [-0.2, 0) is 10.2 Å². The van der Waals surface area contributed by atoms with Crippen molar-refractivity contribution >= 4 is 5.91 Å². The quantitative estimate of drug-likeness (QED) is 0.881. The number of carbonyl (C=O) groups excluding carboxylic acids is 1. The maximum Gasteiger partial charge on any atom is 0.232 e. The van der Waals surface area contributed by atoms with E-state index in [1.165, 1.54) is 0 Å². The summed E-state index contributed by atoms with van der Waals surface area (Å²) in [6, 6.07) is 19.4. The van der Waals surface area contributed by atoms with Gasteiger partial charge in [0.1, 0.15) is 5.41 Å². The van der Waals surface area contributed by atoms with Crippen molar-refractivity contribution in [2.75, 3.05) is 13.1 Å². The molecule has 4 nitrogen and oxygen atoms in total. The molecule has 116 valence electrons. The molecule has 0 unspecified atom stereocenters. The smallest absolute Gasteiger partial charge is 0.232 e. The highest BCUT2D eigenvalue weighted by Crippen LogP contribution is 2.43. The minimum Gasteiger partial charge on any atom is -0.369 e. The average Bonchev–Trinajstić information content (AvgIpc) is 3.06. The predicted molar refractivity (Wildman–Crippen MR) is 88.2 cm³/mol. The molecule has 4 heteroatoms. The molecule has 2 N–H and O–H groups in total. The van der Waals surface area contributed by atoms with Gasteiger partial charge in [0.15, 0.2) is 6.19 Å². The fourth-order valence-corrected chi connectivity index (χ4v) is 3.73. The van der Waals surface area contributed by atoms with E-state index in [1.807, 2.05) is 60.7 Å². The Morgan fingerprint density at radius 1 is 1.09 bits per heavy atom. The molecule has 0 bridgehead atoms. The van der Waals surface area contributed by atoms with Crippen LogP contribution >= 0.6 is 0 Å². The summed E-state index contributed by atoms with van der Waals surface area (Å²) in [5.41, 5.74) is 6.84. The van der Waals surface area contributed by atoms with E-state index < -0.39 is 5.41 Å². The fourth-order valence-electron chi connectivity index (χ4n) is 3.73. The molecular formula is C19H19N3O. The van der Waals surface area contributed by atoms with Gasteiger partial charge in [0, 0.05) is 19.0 Å². The maximum absolute atomic E-state index is 12.7. The number of hydrogen-bond acceptors (Lipinski definition) is 3. The van der Waals surface area contributed by atoms with Crippen LogP contribution in [0.4, 0.5) is 0 Å². The van der Waals surface area contributed by atoms with Gasteiger partial charge in [-0.25, -0.2) is 0 Å². The van der Waals surface area contributed by atoms with E-state index in [0.717, 1.165) is 17.5 Å². The number of benzene rings is 2. The van der Waals surface area contributed by atoms with Crippen molar-refractivity contribution in [3.05, 3.63) is 71.8 Å². The van der Waals surface area contributed by atoms with E-state index in [2.05, 4.69) is 6.19 Å². The third-order valence-corrected chi connectivity index (χ3v) is 4.79. The lowest BCUT2D eigenvalue weighted by molar-refractivity contribution is -0.123. The summed E-state index contributed by atoms with van der Waals surface area (Å²) in [5, 5.41) is 9.19. The number of likely N-dealkylation sites (tertiary alicyclic amines) is 1. The first-order valence-corrected chi connectivity index (χ1v) is 7.75. The van der Waals surface area contributed by atoms with Crippen LogP contribution in [0.3, 0.4) is 0 Å². The number of rotatable bonds is 4. The molecule has 1 amide bonds. The third-order valence-electron chi connectivity index (χ3n) is 4.79. The molecule has 1 heterocycles. The van der Waals surface area contributed by atoms with Crippen LogP contribution in [0.5, 0.6) is 0 Å². The lowest BCUT2D eigenvalue weighted by Crippen LogP contribution is -2.49. The zero-order valence-electron chi connectivity index (χ0n) is 12.9. The Kier molecular flexibility index (Phi) is 4.03. The van der Waals surface area contributed by atoms with Gasteiger partial charge >= 0.3 is 0 Å². The SMILES string of the molecule is N#CN1CC[C@@H](C(C(N)=O)(c2ccccc2)c2ccccc2)C1. The molecular weight excluding hydrogens is 286 g/mol. The number of primary amides is 1. The standard InChI is InChI=1S/C19H19N3O/c20-14-22-12-11-17(13-22)19(18(21)23,15-7-3-1-4-8-15)16-9-5-2-6-10-16/h1-10,17H,11-13H2,(H2,21,23)/t17-/m1/s1. The Labute approximate surface area is 136 Å². The molecule has 1 fully saturated rings. The van der Waals surface area contributed by atoms with E-state index in [-0.39, 0.29) is 11.8 Å². The van der Waals surface area contributed by atoms with Crippen LogP contribution in [-0.4, -0.2) is 23.9 Å². The zero-order chi connectivity index (χ0) is 16.3. The highest BCUT2D eigenvalue weighted by atomic mass is 16.1. The van der Waals surface area contributed by atoms with Gasteiger partial charge in [-0.3, -0.25) is 4.79 Å². The second kappa shape index (κ2) is 6.13. The molecule has 0 aromatic heterocycles. The van der Waals surface area contributed by atoms with Gasteiger partial charge in [0.2, 0.25) is 5.91 Å². The van der Waals surface area contributed by atoms with E-state index in [0.29, 0.717) is 13.1 Å². The molecule has 1 saturated heterocycles. The number of amides is 1. The van der Waals surface area contributed by atoms with Gasteiger partial charge in [-0.2, -0.15) is 5.26 Å². The molecule has 23 heavy (non-hydrogen) atoms. The number of nitriles is 1. The molecule has 0 spiro atoms. The summed E-state index contributed by atoms with van der Waals surface area (Å²) in [6.07, 6.45) is 2.95. The summed E-state index contributed by atoms with van der Waals surface area (Å²) in [5.74, 6) is -0.385. The van der Waals surface area contributed by atoms with Crippen LogP contribution in [0.2, 0.25) is 0 Å². The van der Waals surface area contributed by atoms with Crippen molar-refractivity contribution in [2.45, 2.75) is 11.8 Å². The normalized spacial score (nSPS) is 17.7. The first-order valence-electron chi connectivity index (χ1n) is 7.75. The molecule has 2 aromatic rings. The molecule has 1 atom stereocenters. The Morgan fingerprint density at radius 2 is 1.61 bits per heavy atom. The Morgan fingerprint density at radius 3 is 2.00 bits per heavy atom. The molecule has 1 aliphatic heterocycles. The van der Waals surface area contributed by atoms with Crippen LogP contribution in [0.15, 0.2) is 60.7 Å². The molecule has 1 aliphatic rings. The van der Waals surface area contributed by atoms with Crippen molar-refractivity contribution < 1.29 is 4.79 Å². The fraction of sp³-hybridized carbons (Fsp3) is 0.263. The maximum atomic E-state index is 12.7. The van der Waals surface area contributed by atoms with Gasteiger partial charge in [0.25, 0.3) is 0 Å². The summed E-state index contributed by atoms with van der Waals surface area (Å²) in [4.78, 5) is 14.4. The number of nitrogens with zero attached hydrogens (tertiary/aromatic N) is 2. The number of nitrogens with two attached hydrogens (primary N) is 1. The van der Waals surface area contributed by atoms with E-state index in [4.69, 9.17) is 5.73 Å². The van der Waals surface area contributed by atoms with E-state index in [9.17, 15) is 10.1 Å². The van der Waals surface area contributed by atoms with E-state index in [1.54, 1.807) is 4.90 Å². The van der Waals surface area contributed by atoms with Gasteiger partial charge in [-0.15, -0.1) is 0 Å². The van der Waals surface area contributed by atoms with Crippen LogP contribution in [0.25, 0.3) is 0 Å². The number of hydrogen-bond donors (Lipinski definition) is 1. The predicted octanol–water partition coefficient (Wildman–Crippen LogP) is 2.26. The van der Waals surface area contributed by atoms with Crippen molar-refractivity contribution in [1.82, 2.24) is 4.90 Å². The Bertz CT molecular complexity index is 682. The van der Waals surface area contributed by atoms with Crippen molar-refractivity contribution in [2.24, 2.45) is 11.7 Å². The Balaban J connectivity index is 2.20. The monoisotopic (exact) mass is 305 g/mol. The summed E-state index contributed by atoms with van der Waals surface area (Å²) in [6.45, 7) is 1.21. The molecule has 0 aliphatic carbocycles. The summed E-state index contributed by atoms with van der Waals surface area (Å²) < 4.78 is 0. The van der Waals surface area contributed by atoms with Crippen LogP contribution in [0.1, 0.15) is 17.5 Å². The number of carbonyl (C=O) groups is 1. The first-order chi connectivity index (χ1) is 11.2. The van der Waals surface area contributed by atoms with Gasteiger partial charge in [-0.1, -0.05) is 60.7 Å². The molecule has 0 saturated carbocycles. The summed E-state index contributed by atoms with van der Waals surface area (Å²) in [7, 11) is 0. The molecule has 3 rings (SSSR count). The highest BCUT2D eigenvalue weighted by molar-refractivity contribution is 5.91. The van der Waals surface area contributed by atoms with E-state index >= 15 is 0 Å². The van der Waals surface area contributed by atoms with Crippen molar-refractivity contribution in [3.8, 4) is 6.19 Å². The van der Waals surface area contributed by atoms with Crippen molar-refractivity contribution in [1.29, 1.82) is 5.26 Å². The van der Waals surface area contributed by atoms with Crippen LogP contribution < -0.4 is 5.73 Å². The lowest BCUT2D eigenvalue weighted by atomic mass is 9.64. The molecule has 0 radical (unpaired) electrons. The topological polar surface area (TPSA) is 70.1 Å². The zero-order valence-corrected chi connectivity index (χ0v) is 12.9. The average molecular weight is 305 g/mol. The van der Waals surface area contributed by atoms with Crippen molar-refractivity contribution in [3.63, 3.8) is 0 Å². The van der Waals surface area contributed by atoms with Gasteiger partial charge < -0.3 is 10.6 Å². The second-order valence-corrected chi connectivity index (χ2v) is 5.94. The lowest BCUT2D eigenvalue weighted by Gasteiger charge is -2.37. The van der Waals surface area contributed by atoms with Crippen LogP contribution in [0, 0.1) is 17.4 Å². The Hall–Kier alpha value is -2.80. The van der Waals surface area contributed by atoms with Gasteiger partial charge in [0.05, 0.1) is 0 Å². The summed E-state index contributed by atoms with van der Waals surface area (Å²) >= 11 is 0. The second-order valence-electron chi connectivity index (χ2n) is 5.94. The third kappa shape index (κ3) is 2.44. The van der Waals surface area contributed by atoms with Gasteiger partial charge in [-0.05, 0) is 17.5 Å². The minimum atomic E-state index is -0.909.